The Balaban J connectivity index is 1.41. The van der Waals surface area contributed by atoms with E-state index in [1.807, 2.05) is 0 Å². The monoisotopic (exact) mass is 790 g/mol. The number of nitrogens with zero attached hydrogens (tertiary/aromatic N) is 2. The van der Waals surface area contributed by atoms with Crippen molar-refractivity contribution in [2.24, 2.45) is 0 Å². The Morgan fingerprint density at radius 2 is 0.778 bits per heavy atom. The Bertz CT molecular complexity index is 2950. The van der Waals surface area contributed by atoms with E-state index in [-0.39, 0.29) is 38.9 Å². The molecule has 0 amide bonds. The van der Waals surface area contributed by atoms with Gasteiger partial charge in [-0.3, -0.25) is 4.79 Å². The lowest BCUT2D eigenvalue weighted by Gasteiger charge is -2.11. The molecule has 54 heavy (non-hydrogen) atoms. The molecule has 5 aromatic rings. The van der Waals surface area contributed by atoms with Gasteiger partial charge in [0.15, 0.2) is 52.3 Å². The zero-order chi connectivity index (χ0) is 39.5. The van der Waals surface area contributed by atoms with Crippen molar-refractivity contribution in [1.29, 1.82) is 10.5 Å². The van der Waals surface area contributed by atoms with Gasteiger partial charge in [0, 0.05) is 22.3 Å². The third-order valence-corrected chi connectivity index (χ3v) is 12.3. The molecule has 0 fully saturated rings. The lowest BCUT2D eigenvalue weighted by Crippen LogP contribution is -2.14. The van der Waals surface area contributed by atoms with Crippen LogP contribution in [0.2, 0.25) is 0 Å². The van der Waals surface area contributed by atoms with Crippen molar-refractivity contribution in [3.63, 3.8) is 0 Å². The van der Waals surface area contributed by atoms with Crippen LogP contribution >= 0.6 is 0 Å². The van der Waals surface area contributed by atoms with Gasteiger partial charge in [-0.1, -0.05) is 24.3 Å². The van der Waals surface area contributed by atoms with Crippen molar-refractivity contribution in [3.05, 3.63) is 135 Å². The van der Waals surface area contributed by atoms with Gasteiger partial charge >= 0.3 is 0 Å². The predicted octanol–water partition coefficient (Wildman–Crippen LogP) is 7.78. The van der Waals surface area contributed by atoms with Gasteiger partial charge in [0.2, 0.25) is 31.3 Å². The third-order valence-electron chi connectivity index (χ3n) is 8.73. The highest BCUT2D eigenvalue weighted by Crippen LogP contribution is 2.53. The fourth-order valence-corrected chi connectivity index (χ4v) is 9.15. The molecule has 0 N–H and O–H groups in total. The molecular formula is C35H8F10N2O5S2. The molecule has 2 aliphatic rings. The fourth-order valence-electron chi connectivity index (χ4n) is 6.34. The summed E-state index contributed by atoms with van der Waals surface area (Å²) in [5, 5.41) is 19.7. The normalized spacial score (nSPS) is 12.9. The van der Waals surface area contributed by atoms with E-state index in [2.05, 4.69) is 0 Å². The van der Waals surface area contributed by atoms with Crippen molar-refractivity contribution >= 4 is 31.0 Å². The number of carbonyl (C=O) groups is 1. The molecule has 0 saturated carbocycles. The van der Waals surface area contributed by atoms with Crippen LogP contribution in [0, 0.1) is 80.8 Å². The van der Waals surface area contributed by atoms with Gasteiger partial charge in [-0.15, -0.1) is 0 Å². The Kier molecular flexibility index (Phi) is 7.91. The van der Waals surface area contributed by atoms with Gasteiger partial charge < -0.3 is 0 Å². The summed E-state index contributed by atoms with van der Waals surface area (Å²) in [4.78, 5) is 7.48. The number of hydrogen-bond donors (Lipinski definition) is 0. The number of allylic oxidation sites excluding steroid dienone is 1. The maximum atomic E-state index is 14.6. The molecule has 0 atom stereocenters. The summed E-state index contributed by atoms with van der Waals surface area (Å²) in [5.41, 5.74) is -2.61. The maximum Gasteiger partial charge on any atom is 0.212 e. The molecule has 0 saturated heterocycles. The smallest absolute Gasteiger partial charge is 0.212 e. The number of fused-ring (bicyclic) bond motifs is 7. The Morgan fingerprint density at radius 3 is 1.19 bits per heavy atom. The van der Waals surface area contributed by atoms with Gasteiger partial charge in [0.25, 0.3) is 0 Å². The molecule has 0 radical (unpaired) electrons. The minimum absolute atomic E-state index is 0.000461. The van der Waals surface area contributed by atoms with Gasteiger partial charge in [-0.05, 0) is 52.1 Å². The van der Waals surface area contributed by atoms with Crippen molar-refractivity contribution in [3.8, 4) is 34.4 Å². The summed E-state index contributed by atoms with van der Waals surface area (Å²) in [6.07, 6.45) is 0. The Labute approximate surface area is 295 Å². The van der Waals surface area contributed by atoms with Crippen molar-refractivity contribution < 1.29 is 65.5 Å². The first kappa shape index (κ1) is 36.1. The van der Waals surface area contributed by atoms with Gasteiger partial charge in [0.1, 0.15) is 27.5 Å². The van der Waals surface area contributed by atoms with Crippen LogP contribution in [-0.4, -0.2) is 22.6 Å². The zero-order valence-corrected chi connectivity index (χ0v) is 27.3. The molecular weight excluding hydrogens is 783 g/mol. The second-order valence-corrected chi connectivity index (χ2v) is 15.2. The molecule has 0 bridgehead atoms. The van der Waals surface area contributed by atoms with Gasteiger partial charge in [0.05, 0.1) is 9.79 Å². The van der Waals surface area contributed by atoms with E-state index in [1.54, 1.807) is 12.1 Å². The predicted molar refractivity (Wildman–Crippen MR) is 161 cm³/mol. The van der Waals surface area contributed by atoms with E-state index in [0.717, 1.165) is 18.2 Å². The highest BCUT2D eigenvalue weighted by Gasteiger charge is 2.41. The molecule has 0 spiro atoms. The molecule has 7 rings (SSSR count). The Morgan fingerprint density at radius 1 is 0.444 bits per heavy atom. The SMILES string of the molecule is N#CC(C#N)=C1c2cc(S(=O)(=O)c3c(F)c(F)c(F)c(F)c3F)ccc2-c2ccc3c(c21)C(=O)c1cc(S(=O)(=O)c2c(F)c(F)c(F)c(F)c2F)ccc1-3. The summed E-state index contributed by atoms with van der Waals surface area (Å²) < 4.78 is 195. The molecule has 19 heteroatoms. The highest BCUT2D eigenvalue weighted by molar-refractivity contribution is 7.91. The second kappa shape index (κ2) is 11.9. The molecule has 0 aromatic heterocycles. The number of hydrogen-bond acceptors (Lipinski definition) is 7. The van der Waals surface area contributed by atoms with Gasteiger partial charge in [-0.25, -0.2) is 60.7 Å². The first-order chi connectivity index (χ1) is 25.3. The number of benzene rings is 5. The summed E-state index contributed by atoms with van der Waals surface area (Å²) in [7, 11) is -11.1. The number of sulfone groups is 2. The van der Waals surface area contributed by atoms with Crippen LogP contribution in [0.5, 0.6) is 0 Å². The molecule has 0 aliphatic heterocycles. The van der Waals surface area contributed by atoms with E-state index in [1.165, 1.54) is 12.1 Å². The number of rotatable bonds is 4. The van der Waals surface area contributed by atoms with E-state index >= 15 is 0 Å². The Hall–Kier alpha value is -6.31. The quantitative estimate of drug-likeness (QED) is 0.0585. The van der Waals surface area contributed by atoms with Crippen LogP contribution in [-0.2, 0) is 19.7 Å². The van der Waals surface area contributed by atoms with Crippen LogP contribution in [0.3, 0.4) is 0 Å². The lowest BCUT2D eigenvalue weighted by molar-refractivity contribution is 0.104. The number of nitriles is 2. The number of ketones is 1. The maximum absolute atomic E-state index is 14.6. The molecule has 5 aromatic carbocycles. The number of halogens is 10. The van der Waals surface area contributed by atoms with Crippen LogP contribution < -0.4 is 0 Å². The average Bonchev–Trinajstić information content (AvgIpc) is 3.62. The average molecular weight is 791 g/mol. The summed E-state index contributed by atoms with van der Waals surface area (Å²) in [6, 6.07) is 10.4. The molecule has 7 nitrogen and oxygen atoms in total. The summed E-state index contributed by atoms with van der Waals surface area (Å²) in [5.74, 6) is -27.2. The second-order valence-electron chi connectivity index (χ2n) is 11.4. The standard InChI is InChI=1S/C35H8F10N2O5S2/c36-23-25(38)29(42)34(30(43)26(23)39)53(49,50)12-1-3-14-16-5-6-17-15-4-2-13(54(51,52)35-31(44)27(40)24(37)28(41)32(35)45)8-19(15)33(48)22(17)21(16)20(18(14)7-12)11(9-46)10-47/h1-8H. The topological polar surface area (TPSA) is 133 Å². The zero-order valence-electron chi connectivity index (χ0n) is 25.7. The first-order valence-corrected chi connectivity index (χ1v) is 17.4. The van der Waals surface area contributed by atoms with Crippen LogP contribution in [0.4, 0.5) is 43.9 Å². The highest BCUT2D eigenvalue weighted by atomic mass is 32.2. The minimum Gasteiger partial charge on any atom is -0.289 e. The van der Waals surface area contributed by atoms with Crippen molar-refractivity contribution in [1.82, 2.24) is 0 Å². The van der Waals surface area contributed by atoms with E-state index < -0.39 is 120 Å². The molecule has 270 valence electrons. The van der Waals surface area contributed by atoms with Crippen LogP contribution in [0.1, 0.15) is 27.0 Å². The molecule has 0 heterocycles. The van der Waals surface area contributed by atoms with Crippen molar-refractivity contribution in [2.45, 2.75) is 19.6 Å². The minimum atomic E-state index is -5.59. The lowest BCUT2D eigenvalue weighted by atomic mass is 9.91. The third kappa shape index (κ3) is 4.61. The fraction of sp³-hybridized carbons (Fsp3) is 0. The first-order valence-electron chi connectivity index (χ1n) is 14.4. The van der Waals surface area contributed by atoms with Crippen LogP contribution in [0.25, 0.3) is 27.8 Å². The van der Waals surface area contributed by atoms with E-state index in [0.29, 0.717) is 18.2 Å². The molecule has 0 unspecified atom stereocenters. The van der Waals surface area contributed by atoms with E-state index in [4.69, 9.17) is 0 Å². The summed E-state index contributed by atoms with van der Waals surface area (Å²) in [6.45, 7) is 0. The number of carbonyl (C=O) groups excluding carboxylic acids is 1. The van der Waals surface area contributed by atoms with E-state index in [9.17, 15) is 76.1 Å². The largest absolute Gasteiger partial charge is 0.289 e. The summed E-state index contributed by atoms with van der Waals surface area (Å²) >= 11 is 0. The molecule has 2 aliphatic carbocycles. The van der Waals surface area contributed by atoms with Crippen molar-refractivity contribution in [2.75, 3.05) is 0 Å². The van der Waals surface area contributed by atoms with Crippen LogP contribution in [0.15, 0.2) is 73.7 Å². The van der Waals surface area contributed by atoms with Gasteiger partial charge in [-0.2, -0.15) is 10.5 Å².